The zero-order valence-electron chi connectivity index (χ0n) is 7.92. The summed E-state index contributed by atoms with van der Waals surface area (Å²) in [6.07, 6.45) is 0. The van der Waals surface area contributed by atoms with Gasteiger partial charge in [-0.1, -0.05) is 6.07 Å². The lowest BCUT2D eigenvalue weighted by Crippen LogP contribution is -2.10. The van der Waals surface area contributed by atoms with E-state index in [9.17, 15) is 10.2 Å². The van der Waals surface area contributed by atoms with Crippen LogP contribution in [-0.4, -0.2) is 10.2 Å². The SMILES string of the molecule is N[C@H](c1cccs1)c1cc(O)ccc1O. The van der Waals surface area contributed by atoms with Gasteiger partial charge < -0.3 is 15.9 Å². The smallest absolute Gasteiger partial charge is 0.120 e. The summed E-state index contributed by atoms with van der Waals surface area (Å²) in [4.78, 5) is 0.955. The average Bonchev–Trinajstić information content (AvgIpc) is 2.74. The molecule has 78 valence electrons. The van der Waals surface area contributed by atoms with Crippen molar-refractivity contribution < 1.29 is 10.2 Å². The highest BCUT2D eigenvalue weighted by molar-refractivity contribution is 7.10. The number of rotatable bonds is 2. The van der Waals surface area contributed by atoms with Gasteiger partial charge in [0.05, 0.1) is 6.04 Å². The van der Waals surface area contributed by atoms with Crippen molar-refractivity contribution in [1.82, 2.24) is 0 Å². The van der Waals surface area contributed by atoms with Crippen LogP contribution in [0.15, 0.2) is 35.7 Å². The van der Waals surface area contributed by atoms with Crippen LogP contribution in [0.1, 0.15) is 16.5 Å². The molecule has 4 heteroatoms. The van der Waals surface area contributed by atoms with E-state index in [0.717, 1.165) is 4.88 Å². The van der Waals surface area contributed by atoms with Crippen molar-refractivity contribution in [1.29, 1.82) is 0 Å². The molecule has 0 fully saturated rings. The molecule has 1 aromatic heterocycles. The Labute approximate surface area is 91.4 Å². The summed E-state index contributed by atoms with van der Waals surface area (Å²) < 4.78 is 0. The van der Waals surface area contributed by atoms with Crippen LogP contribution in [0.4, 0.5) is 0 Å². The number of benzene rings is 1. The number of nitrogens with two attached hydrogens (primary N) is 1. The Bertz CT molecular complexity index is 454. The molecule has 0 radical (unpaired) electrons. The lowest BCUT2D eigenvalue weighted by atomic mass is 10.0. The molecule has 0 spiro atoms. The average molecular weight is 221 g/mol. The van der Waals surface area contributed by atoms with Gasteiger partial charge in [-0.2, -0.15) is 0 Å². The zero-order chi connectivity index (χ0) is 10.8. The first kappa shape index (κ1) is 10.0. The highest BCUT2D eigenvalue weighted by atomic mass is 32.1. The molecule has 2 rings (SSSR count). The summed E-state index contributed by atoms with van der Waals surface area (Å²) in [6, 6.07) is 7.77. The molecule has 1 heterocycles. The standard InChI is InChI=1S/C11H11NO2S/c12-11(10-2-1-5-15-10)8-6-7(13)3-4-9(8)14/h1-6,11,13-14H,12H2/t11-/m0/s1. The predicted molar refractivity (Wildman–Crippen MR) is 60.1 cm³/mol. The second-order valence-electron chi connectivity index (χ2n) is 3.24. The number of thiophene rings is 1. The summed E-state index contributed by atoms with van der Waals surface area (Å²) in [5.41, 5.74) is 6.51. The Hall–Kier alpha value is -1.52. The lowest BCUT2D eigenvalue weighted by molar-refractivity contribution is 0.452. The molecule has 1 aromatic carbocycles. The molecular weight excluding hydrogens is 210 g/mol. The number of hydrogen-bond acceptors (Lipinski definition) is 4. The molecule has 0 aliphatic rings. The third-order valence-electron chi connectivity index (χ3n) is 2.20. The fraction of sp³-hybridized carbons (Fsp3) is 0.0909. The van der Waals surface area contributed by atoms with Gasteiger partial charge in [-0.25, -0.2) is 0 Å². The molecule has 0 saturated carbocycles. The molecular formula is C11H11NO2S. The van der Waals surface area contributed by atoms with E-state index in [-0.39, 0.29) is 11.5 Å². The van der Waals surface area contributed by atoms with Crippen molar-refractivity contribution in [2.24, 2.45) is 5.73 Å². The van der Waals surface area contributed by atoms with Crippen LogP contribution in [0.5, 0.6) is 11.5 Å². The van der Waals surface area contributed by atoms with Crippen LogP contribution in [0.2, 0.25) is 0 Å². The van der Waals surface area contributed by atoms with Gasteiger partial charge in [0.2, 0.25) is 0 Å². The monoisotopic (exact) mass is 221 g/mol. The van der Waals surface area contributed by atoms with Gasteiger partial charge in [0.1, 0.15) is 11.5 Å². The first-order valence-corrected chi connectivity index (χ1v) is 5.37. The minimum atomic E-state index is -0.392. The molecule has 1 atom stereocenters. The maximum atomic E-state index is 9.62. The van der Waals surface area contributed by atoms with E-state index in [1.807, 2.05) is 17.5 Å². The largest absolute Gasteiger partial charge is 0.508 e. The highest BCUT2D eigenvalue weighted by Gasteiger charge is 2.14. The minimum Gasteiger partial charge on any atom is -0.508 e. The molecule has 0 saturated heterocycles. The lowest BCUT2D eigenvalue weighted by Gasteiger charge is -2.12. The molecule has 0 aliphatic heterocycles. The van der Waals surface area contributed by atoms with Crippen LogP contribution >= 0.6 is 11.3 Å². The summed E-state index contributed by atoms with van der Waals surface area (Å²) >= 11 is 1.52. The Morgan fingerprint density at radius 3 is 2.67 bits per heavy atom. The molecule has 0 unspecified atom stereocenters. The van der Waals surface area contributed by atoms with Crippen molar-refractivity contribution in [2.75, 3.05) is 0 Å². The second-order valence-corrected chi connectivity index (χ2v) is 4.22. The number of hydrogen-bond donors (Lipinski definition) is 3. The fourth-order valence-corrected chi connectivity index (χ4v) is 2.16. The van der Waals surface area contributed by atoms with E-state index in [4.69, 9.17) is 5.73 Å². The summed E-state index contributed by atoms with van der Waals surface area (Å²) in [7, 11) is 0. The van der Waals surface area contributed by atoms with Crippen LogP contribution in [0.25, 0.3) is 0 Å². The highest BCUT2D eigenvalue weighted by Crippen LogP contribution is 2.32. The Balaban J connectivity index is 2.41. The Kier molecular flexibility index (Phi) is 2.62. The van der Waals surface area contributed by atoms with E-state index >= 15 is 0 Å². The maximum Gasteiger partial charge on any atom is 0.120 e. The van der Waals surface area contributed by atoms with Crippen LogP contribution in [-0.2, 0) is 0 Å². The van der Waals surface area contributed by atoms with Gasteiger partial charge in [0.15, 0.2) is 0 Å². The molecule has 3 nitrogen and oxygen atoms in total. The first-order chi connectivity index (χ1) is 7.18. The topological polar surface area (TPSA) is 66.5 Å². The Morgan fingerprint density at radius 1 is 1.20 bits per heavy atom. The normalized spacial score (nSPS) is 12.6. The predicted octanol–water partition coefficient (Wildman–Crippen LogP) is 2.21. The number of phenols is 2. The molecule has 0 amide bonds. The van der Waals surface area contributed by atoms with Crippen LogP contribution in [0, 0.1) is 0 Å². The molecule has 0 bridgehead atoms. The minimum absolute atomic E-state index is 0.105. The van der Waals surface area contributed by atoms with Gasteiger partial charge >= 0.3 is 0 Å². The molecule has 4 N–H and O–H groups in total. The summed E-state index contributed by atoms with van der Waals surface area (Å²) in [5, 5.41) is 20.9. The van der Waals surface area contributed by atoms with E-state index in [0.29, 0.717) is 5.56 Å². The molecule has 2 aromatic rings. The maximum absolute atomic E-state index is 9.62. The van der Waals surface area contributed by atoms with Crippen molar-refractivity contribution in [3.05, 3.63) is 46.2 Å². The van der Waals surface area contributed by atoms with Crippen molar-refractivity contribution in [3.63, 3.8) is 0 Å². The molecule has 15 heavy (non-hydrogen) atoms. The van der Waals surface area contributed by atoms with Gasteiger partial charge in [-0.3, -0.25) is 0 Å². The van der Waals surface area contributed by atoms with Crippen LogP contribution < -0.4 is 5.73 Å². The van der Waals surface area contributed by atoms with Gasteiger partial charge in [-0.05, 0) is 29.6 Å². The van der Waals surface area contributed by atoms with Crippen molar-refractivity contribution in [2.45, 2.75) is 6.04 Å². The summed E-state index contributed by atoms with van der Waals surface area (Å²) in [5.74, 6) is 0.212. The van der Waals surface area contributed by atoms with E-state index in [2.05, 4.69) is 0 Å². The third kappa shape index (κ3) is 1.95. The van der Waals surface area contributed by atoms with E-state index < -0.39 is 6.04 Å². The Morgan fingerprint density at radius 2 is 2.00 bits per heavy atom. The summed E-state index contributed by atoms with van der Waals surface area (Å²) in [6.45, 7) is 0. The van der Waals surface area contributed by atoms with Gasteiger partial charge in [0.25, 0.3) is 0 Å². The number of aromatic hydroxyl groups is 2. The number of phenolic OH excluding ortho intramolecular Hbond substituents is 2. The van der Waals surface area contributed by atoms with E-state index in [1.54, 1.807) is 0 Å². The zero-order valence-corrected chi connectivity index (χ0v) is 8.74. The van der Waals surface area contributed by atoms with Crippen LogP contribution in [0.3, 0.4) is 0 Å². The quantitative estimate of drug-likeness (QED) is 0.681. The fourth-order valence-electron chi connectivity index (χ4n) is 1.41. The van der Waals surface area contributed by atoms with E-state index in [1.165, 1.54) is 29.5 Å². The van der Waals surface area contributed by atoms with Gasteiger partial charge in [-0.15, -0.1) is 11.3 Å². The van der Waals surface area contributed by atoms with Crippen molar-refractivity contribution >= 4 is 11.3 Å². The molecule has 0 aliphatic carbocycles. The van der Waals surface area contributed by atoms with Crippen molar-refractivity contribution in [3.8, 4) is 11.5 Å². The third-order valence-corrected chi connectivity index (χ3v) is 3.15. The first-order valence-electron chi connectivity index (χ1n) is 4.49. The van der Waals surface area contributed by atoms with Gasteiger partial charge in [0, 0.05) is 10.4 Å². The second kappa shape index (κ2) is 3.92.